The van der Waals surface area contributed by atoms with Crippen LogP contribution in [0.25, 0.3) is 0 Å². The van der Waals surface area contributed by atoms with Crippen molar-refractivity contribution in [2.24, 2.45) is 5.92 Å². The molecule has 3 aromatic rings. The summed E-state index contributed by atoms with van der Waals surface area (Å²) in [7, 11) is 0. The van der Waals surface area contributed by atoms with Crippen LogP contribution in [0.2, 0.25) is 0 Å². The van der Waals surface area contributed by atoms with Gasteiger partial charge in [0.05, 0.1) is 0 Å². The van der Waals surface area contributed by atoms with E-state index in [1.165, 1.54) is 16.7 Å². The molecule has 0 N–H and O–H groups in total. The summed E-state index contributed by atoms with van der Waals surface area (Å²) in [5.74, 6) is 1.97. The predicted octanol–water partition coefficient (Wildman–Crippen LogP) is 5.13. The lowest BCUT2D eigenvalue weighted by Crippen LogP contribution is -2.27. The van der Waals surface area contributed by atoms with Crippen LogP contribution in [0.5, 0.6) is 5.75 Å². The Morgan fingerprint density at radius 2 is 1.39 bits per heavy atom. The van der Waals surface area contributed by atoms with Crippen LogP contribution in [0.3, 0.4) is 0 Å². The first-order chi connectivity index (χ1) is 11.4. The van der Waals surface area contributed by atoms with Gasteiger partial charge in [-0.15, -0.1) is 0 Å². The summed E-state index contributed by atoms with van der Waals surface area (Å²) in [4.78, 5) is 0. The molecular formula is C22H18O. The molecule has 0 saturated heterocycles. The highest BCUT2D eigenvalue weighted by Gasteiger charge is 2.64. The second-order valence-corrected chi connectivity index (χ2v) is 6.59. The van der Waals surface area contributed by atoms with Crippen molar-refractivity contribution in [3.05, 3.63) is 102 Å². The van der Waals surface area contributed by atoms with Gasteiger partial charge in [0.1, 0.15) is 11.4 Å². The van der Waals surface area contributed by atoms with E-state index in [4.69, 9.17) is 4.74 Å². The zero-order chi connectivity index (χ0) is 15.3. The van der Waals surface area contributed by atoms with E-state index in [0.717, 1.165) is 12.2 Å². The van der Waals surface area contributed by atoms with Crippen LogP contribution < -0.4 is 4.74 Å². The number of para-hydroxylation sites is 1. The second kappa shape index (κ2) is 4.73. The first-order valence-electron chi connectivity index (χ1n) is 8.27. The minimum absolute atomic E-state index is 0.143. The fourth-order valence-electron chi connectivity index (χ4n) is 4.20. The molecule has 23 heavy (non-hydrogen) atoms. The smallest absolute Gasteiger partial charge is 0.138 e. The van der Waals surface area contributed by atoms with Gasteiger partial charge in [0, 0.05) is 17.4 Å². The molecule has 0 amide bonds. The Balaban J connectivity index is 1.67. The molecule has 1 nitrogen and oxygen atoms in total. The molecule has 112 valence electrons. The van der Waals surface area contributed by atoms with Crippen LogP contribution in [0.1, 0.15) is 29.0 Å². The van der Waals surface area contributed by atoms with Crippen molar-refractivity contribution in [2.45, 2.75) is 17.9 Å². The molecule has 1 heterocycles. The molecule has 0 aromatic heterocycles. The third kappa shape index (κ3) is 1.86. The van der Waals surface area contributed by atoms with E-state index >= 15 is 0 Å². The van der Waals surface area contributed by atoms with Crippen LogP contribution in [0, 0.1) is 5.92 Å². The van der Waals surface area contributed by atoms with Crippen molar-refractivity contribution < 1.29 is 4.74 Å². The number of hydrogen-bond acceptors (Lipinski definition) is 1. The standard InChI is InChI=1S/C22H18O/c1-3-9-16(10-4-1)21-18-13-7-8-14-20(18)23-22(15-19(21)22)17-11-5-2-6-12-17/h1-14,19,21H,15H2/t19-,21+,22-/m1/s1. The average molecular weight is 298 g/mol. The number of rotatable bonds is 2. The molecule has 0 bridgehead atoms. The highest BCUT2D eigenvalue weighted by atomic mass is 16.5. The van der Waals surface area contributed by atoms with Gasteiger partial charge in [0.25, 0.3) is 0 Å². The van der Waals surface area contributed by atoms with Crippen molar-refractivity contribution in [3.8, 4) is 5.75 Å². The SMILES string of the molecule is c1ccc([C@H]2c3ccccc3O[C@@]3(c4ccccc4)C[C@H]23)cc1. The summed E-state index contributed by atoms with van der Waals surface area (Å²) in [6.07, 6.45) is 1.09. The van der Waals surface area contributed by atoms with Gasteiger partial charge >= 0.3 is 0 Å². The summed E-state index contributed by atoms with van der Waals surface area (Å²) in [6.45, 7) is 0. The monoisotopic (exact) mass is 298 g/mol. The Kier molecular flexibility index (Phi) is 2.66. The van der Waals surface area contributed by atoms with Crippen LogP contribution >= 0.6 is 0 Å². The molecule has 5 rings (SSSR count). The first-order valence-corrected chi connectivity index (χ1v) is 8.27. The molecule has 1 aliphatic heterocycles. The Morgan fingerprint density at radius 3 is 2.17 bits per heavy atom. The lowest BCUT2D eigenvalue weighted by molar-refractivity contribution is 0.139. The highest BCUT2D eigenvalue weighted by Crippen LogP contribution is 2.66. The predicted molar refractivity (Wildman–Crippen MR) is 91.6 cm³/mol. The third-order valence-electron chi connectivity index (χ3n) is 5.33. The molecule has 3 atom stereocenters. The van der Waals surface area contributed by atoms with Crippen LogP contribution in [0.4, 0.5) is 0 Å². The van der Waals surface area contributed by atoms with E-state index in [1.54, 1.807) is 0 Å². The number of hydrogen-bond donors (Lipinski definition) is 0. The third-order valence-corrected chi connectivity index (χ3v) is 5.33. The van der Waals surface area contributed by atoms with Gasteiger partial charge in [0.2, 0.25) is 0 Å². The maximum atomic E-state index is 6.53. The molecule has 1 fully saturated rings. The zero-order valence-electron chi connectivity index (χ0n) is 12.9. The van der Waals surface area contributed by atoms with Gasteiger partial charge in [-0.25, -0.2) is 0 Å². The summed E-state index contributed by atoms with van der Waals surface area (Å²) in [6, 6.07) is 30.1. The molecule has 1 aliphatic carbocycles. The Hall–Kier alpha value is -2.54. The largest absolute Gasteiger partial charge is 0.482 e. The van der Waals surface area contributed by atoms with Crippen molar-refractivity contribution in [2.75, 3.05) is 0 Å². The van der Waals surface area contributed by atoms with Crippen molar-refractivity contribution in [1.29, 1.82) is 0 Å². The van der Waals surface area contributed by atoms with E-state index in [2.05, 4.69) is 84.9 Å². The van der Waals surface area contributed by atoms with Gasteiger partial charge in [-0.3, -0.25) is 0 Å². The Bertz CT molecular complexity index is 840. The van der Waals surface area contributed by atoms with Gasteiger partial charge < -0.3 is 4.74 Å². The van der Waals surface area contributed by atoms with Crippen molar-refractivity contribution >= 4 is 0 Å². The minimum atomic E-state index is -0.143. The van der Waals surface area contributed by atoms with Gasteiger partial charge in [-0.2, -0.15) is 0 Å². The van der Waals surface area contributed by atoms with Gasteiger partial charge in [0.15, 0.2) is 0 Å². The van der Waals surface area contributed by atoms with E-state index in [1.807, 2.05) is 0 Å². The van der Waals surface area contributed by atoms with E-state index in [-0.39, 0.29) is 5.60 Å². The molecule has 1 heteroatoms. The maximum absolute atomic E-state index is 6.53. The normalized spacial score (nSPS) is 27.5. The Labute approximate surface area is 136 Å². The van der Waals surface area contributed by atoms with E-state index in [9.17, 15) is 0 Å². The molecule has 0 unspecified atom stereocenters. The van der Waals surface area contributed by atoms with Crippen LogP contribution in [-0.2, 0) is 5.60 Å². The fourth-order valence-corrected chi connectivity index (χ4v) is 4.20. The summed E-state index contributed by atoms with van der Waals surface area (Å²) in [5.41, 5.74) is 3.88. The van der Waals surface area contributed by atoms with Crippen molar-refractivity contribution in [3.63, 3.8) is 0 Å². The summed E-state index contributed by atoms with van der Waals surface area (Å²) < 4.78 is 6.53. The first kappa shape index (κ1) is 13.0. The second-order valence-electron chi connectivity index (χ2n) is 6.59. The fraction of sp³-hybridized carbons (Fsp3) is 0.182. The minimum Gasteiger partial charge on any atom is -0.482 e. The maximum Gasteiger partial charge on any atom is 0.138 e. The Morgan fingerprint density at radius 1 is 0.739 bits per heavy atom. The van der Waals surface area contributed by atoms with Gasteiger partial charge in [-0.1, -0.05) is 78.9 Å². The lowest BCUT2D eigenvalue weighted by atomic mass is 9.82. The van der Waals surface area contributed by atoms with Crippen molar-refractivity contribution in [1.82, 2.24) is 0 Å². The molecule has 3 aromatic carbocycles. The average Bonchev–Trinajstić information content (AvgIpc) is 3.36. The quantitative estimate of drug-likeness (QED) is 0.637. The molecule has 1 saturated carbocycles. The number of ether oxygens (including phenoxy) is 1. The number of fused-ring (bicyclic) bond motifs is 2. The molecule has 2 aliphatic rings. The van der Waals surface area contributed by atoms with Crippen LogP contribution in [0.15, 0.2) is 84.9 Å². The van der Waals surface area contributed by atoms with E-state index < -0.39 is 0 Å². The highest BCUT2D eigenvalue weighted by molar-refractivity contribution is 5.51. The molecule has 0 spiro atoms. The molecule has 0 radical (unpaired) electrons. The summed E-state index contributed by atoms with van der Waals surface area (Å²) in [5, 5.41) is 0. The summed E-state index contributed by atoms with van der Waals surface area (Å²) >= 11 is 0. The number of benzene rings is 3. The van der Waals surface area contributed by atoms with Gasteiger partial charge in [-0.05, 0) is 23.6 Å². The lowest BCUT2D eigenvalue weighted by Gasteiger charge is -2.32. The molecular weight excluding hydrogens is 280 g/mol. The van der Waals surface area contributed by atoms with Crippen LogP contribution in [-0.4, -0.2) is 0 Å². The zero-order valence-corrected chi connectivity index (χ0v) is 12.9. The van der Waals surface area contributed by atoms with E-state index in [0.29, 0.717) is 11.8 Å². The topological polar surface area (TPSA) is 9.23 Å².